The van der Waals surface area contributed by atoms with Crippen LogP contribution in [0.5, 0.6) is 0 Å². The van der Waals surface area contributed by atoms with Crippen LogP contribution in [-0.2, 0) is 0 Å². The Kier molecular flexibility index (Phi) is 4.34. The van der Waals surface area contributed by atoms with Crippen molar-refractivity contribution in [2.75, 3.05) is 0 Å². The van der Waals surface area contributed by atoms with Crippen molar-refractivity contribution in [3.8, 4) is 11.1 Å². The van der Waals surface area contributed by atoms with Gasteiger partial charge in [-0.2, -0.15) is 0 Å². The minimum Gasteiger partial charge on any atom is -0.289 e. The van der Waals surface area contributed by atoms with Gasteiger partial charge in [-0.3, -0.25) is 9.78 Å². The van der Waals surface area contributed by atoms with Gasteiger partial charge < -0.3 is 0 Å². The lowest BCUT2D eigenvalue weighted by Crippen LogP contribution is -2.06. The molecule has 0 spiro atoms. The number of hydrogen-bond donors (Lipinski definition) is 0. The molecule has 1 heterocycles. The maximum Gasteiger partial charge on any atom is 0.195 e. The SMILES string of the molecule is O=C(c1cnc2cc(Cl)ccc2c1-c1ccccc1)c1cccc2ccccc12. The van der Waals surface area contributed by atoms with E-state index in [4.69, 9.17) is 11.6 Å². The number of hydrogen-bond acceptors (Lipinski definition) is 2. The molecule has 5 rings (SSSR count). The van der Waals surface area contributed by atoms with Crippen LogP contribution in [0.3, 0.4) is 0 Å². The Morgan fingerprint density at radius 1 is 0.724 bits per heavy atom. The molecule has 2 nitrogen and oxygen atoms in total. The van der Waals surface area contributed by atoms with Gasteiger partial charge in [0.1, 0.15) is 0 Å². The number of pyridine rings is 1. The first-order valence-electron chi connectivity index (χ1n) is 9.38. The highest BCUT2D eigenvalue weighted by molar-refractivity contribution is 6.31. The lowest BCUT2D eigenvalue weighted by molar-refractivity contribution is 0.104. The van der Waals surface area contributed by atoms with Gasteiger partial charge in [-0.15, -0.1) is 0 Å². The Balaban J connectivity index is 1.81. The molecule has 0 bridgehead atoms. The second kappa shape index (κ2) is 7.16. The second-order valence-corrected chi connectivity index (χ2v) is 7.37. The van der Waals surface area contributed by atoms with Gasteiger partial charge in [-0.25, -0.2) is 0 Å². The molecule has 0 N–H and O–H groups in total. The van der Waals surface area contributed by atoms with Crippen LogP contribution in [0.15, 0.2) is 97.2 Å². The van der Waals surface area contributed by atoms with Crippen LogP contribution in [0.1, 0.15) is 15.9 Å². The standard InChI is InChI=1S/C26H16ClNO/c27-19-13-14-22-24(15-19)28-16-23(25(22)18-8-2-1-3-9-18)26(29)21-12-6-10-17-7-4-5-11-20(17)21/h1-16H. The van der Waals surface area contributed by atoms with Crippen molar-refractivity contribution in [2.24, 2.45) is 0 Å². The third-order valence-corrected chi connectivity index (χ3v) is 5.41. The van der Waals surface area contributed by atoms with Gasteiger partial charge in [0, 0.05) is 33.3 Å². The van der Waals surface area contributed by atoms with Gasteiger partial charge in [0.25, 0.3) is 0 Å². The number of ketones is 1. The first-order valence-corrected chi connectivity index (χ1v) is 9.76. The Hall–Kier alpha value is -3.49. The summed E-state index contributed by atoms with van der Waals surface area (Å²) in [5.41, 5.74) is 3.89. The van der Waals surface area contributed by atoms with Gasteiger partial charge in [0.05, 0.1) is 5.52 Å². The molecule has 0 unspecified atom stereocenters. The summed E-state index contributed by atoms with van der Waals surface area (Å²) in [5, 5.41) is 3.51. The van der Waals surface area contributed by atoms with Crippen molar-refractivity contribution in [3.05, 3.63) is 113 Å². The second-order valence-electron chi connectivity index (χ2n) is 6.93. The van der Waals surface area contributed by atoms with Gasteiger partial charge in [0.2, 0.25) is 0 Å². The topological polar surface area (TPSA) is 30.0 Å². The average molecular weight is 394 g/mol. The fraction of sp³-hybridized carbons (Fsp3) is 0. The summed E-state index contributed by atoms with van der Waals surface area (Å²) >= 11 is 6.17. The molecule has 1 aromatic heterocycles. The normalized spacial score (nSPS) is 11.1. The molecular weight excluding hydrogens is 378 g/mol. The van der Waals surface area contributed by atoms with Crippen molar-refractivity contribution in [2.45, 2.75) is 0 Å². The first kappa shape index (κ1) is 17.6. The number of benzene rings is 4. The molecule has 0 radical (unpaired) electrons. The minimum atomic E-state index is -0.0370. The Morgan fingerprint density at radius 3 is 2.34 bits per heavy atom. The summed E-state index contributed by atoms with van der Waals surface area (Å²) in [5.74, 6) is -0.0370. The molecule has 0 atom stereocenters. The summed E-state index contributed by atoms with van der Waals surface area (Å²) < 4.78 is 0. The lowest BCUT2D eigenvalue weighted by Gasteiger charge is -2.14. The van der Waals surface area contributed by atoms with Crippen molar-refractivity contribution < 1.29 is 4.79 Å². The number of nitrogens with zero attached hydrogens (tertiary/aromatic N) is 1. The fourth-order valence-corrected chi connectivity index (χ4v) is 3.99. The summed E-state index contributed by atoms with van der Waals surface area (Å²) in [7, 11) is 0. The van der Waals surface area contributed by atoms with Crippen molar-refractivity contribution in [3.63, 3.8) is 0 Å². The van der Waals surface area contributed by atoms with Crippen LogP contribution in [0.25, 0.3) is 32.8 Å². The van der Waals surface area contributed by atoms with E-state index in [0.29, 0.717) is 16.1 Å². The van der Waals surface area contributed by atoms with E-state index in [-0.39, 0.29) is 5.78 Å². The molecule has 138 valence electrons. The monoisotopic (exact) mass is 393 g/mol. The molecule has 0 saturated carbocycles. The van der Waals surface area contributed by atoms with Gasteiger partial charge in [-0.05, 0) is 28.5 Å². The van der Waals surface area contributed by atoms with E-state index in [9.17, 15) is 4.79 Å². The maximum absolute atomic E-state index is 13.7. The van der Waals surface area contributed by atoms with Crippen molar-refractivity contribution in [1.29, 1.82) is 0 Å². The molecule has 3 heteroatoms. The van der Waals surface area contributed by atoms with Crippen LogP contribution in [0.2, 0.25) is 5.02 Å². The molecule has 0 saturated heterocycles. The Bertz CT molecular complexity index is 1370. The summed E-state index contributed by atoms with van der Waals surface area (Å²) in [4.78, 5) is 18.2. The molecule has 0 fully saturated rings. The smallest absolute Gasteiger partial charge is 0.195 e. The summed E-state index contributed by atoms with van der Waals surface area (Å²) in [6.07, 6.45) is 1.67. The predicted molar refractivity (Wildman–Crippen MR) is 120 cm³/mol. The van der Waals surface area contributed by atoms with E-state index in [1.54, 1.807) is 6.20 Å². The largest absolute Gasteiger partial charge is 0.289 e. The number of halogens is 1. The molecule has 0 aliphatic rings. The maximum atomic E-state index is 13.7. The van der Waals surface area contributed by atoms with Crippen LogP contribution < -0.4 is 0 Å². The van der Waals surface area contributed by atoms with Crippen molar-refractivity contribution >= 4 is 39.1 Å². The molecule has 0 amide bonds. The minimum absolute atomic E-state index is 0.0370. The van der Waals surface area contributed by atoms with E-state index in [2.05, 4.69) is 4.98 Å². The molecule has 5 aromatic rings. The number of carbonyl (C=O) groups is 1. The lowest BCUT2D eigenvalue weighted by atomic mass is 9.90. The highest BCUT2D eigenvalue weighted by Crippen LogP contribution is 2.34. The van der Waals surface area contributed by atoms with Gasteiger partial charge in [0.15, 0.2) is 5.78 Å². The molecule has 4 aromatic carbocycles. The number of carbonyl (C=O) groups excluding carboxylic acids is 1. The van der Waals surface area contributed by atoms with Crippen LogP contribution in [0, 0.1) is 0 Å². The Labute approximate surface area is 173 Å². The fourth-order valence-electron chi connectivity index (χ4n) is 3.82. The zero-order valence-electron chi connectivity index (χ0n) is 15.5. The molecular formula is C26H16ClNO. The predicted octanol–water partition coefficient (Wildman–Crippen LogP) is 6.94. The summed E-state index contributed by atoms with van der Waals surface area (Å²) in [6.45, 7) is 0. The zero-order valence-corrected chi connectivity index (χ0v) is 16.2. The van der Waals surface area contributed by atoms with Crippen LogP contribution in [-0.4, -0.2) is 10.8 Å². The Morgan fingerprint density at radius 2 is 1.48 bits per heavy atom. The van der Waals surface area contributed by atoms with Crippen molar-refractivity contribution in [1.82, 2.24) is 4.98 Å². The van der Waals surface area contributed by atoms with E-state index in [0.717, 1.165) is 32.8 Å². The van der Waals surface area contributed by atoms with Crippen LogP contribution >= 0.6 is 11.6 Å². The number of aromatic nitrogens is 1. The average Bonchev–Trinajstić information content (AvgIpc) is 2.78. The molecule has 0 aliphatic carbocycles. The van der Waals surface area contributed by atoms with Gasteiger partial charge in [-0.1, -0.05) is 90.5 Å². The van der Waals surface area contributed by atoms with E-state index in [1.807, 2.05) is 91.0 Å². The summed E-state index contributed by atoms with van der Waals surface area (Å²) in [6, 6.07) is 29.3. The van der Waals surface area contributed by atoms with E-state index >= 15 is 0 Å². The van der Waals surface area contributed by atoms with E-state index < -0.39 is 0 Å². The highest BCUT2D eigenvalue weighted by Gasteiger charge is 2.20. The number of fused-ring (bicyclic) bond motifs is 2. The first-order chi connectivity index (χ1) is 14.2. The zero-order chi connectivity index (χ0) is 19.8. The third-order valence-electron chi connectivity index (χ3n) is 5.17. The highest BCUT2D eigenvalue weighted by atomic mass is 35.5. The molecule has 0 aliphatic heterocycles. The van der Waals surface area contributed by atoms with E-state index in [1.165, 1.54) is 0 Å². The van der Waals surface area contributed by atoms with Gasteiger partial charge >= 0.3 is 0 Å². The number of rotatable bonds is 3. The van der Waals surface area contributed by atoms with Crippen LogP contribution in [0.4, 0.5) is 0 Å². The quantitative estimate of drug-likeness (QED) is 0.311. The third kappa shape index (κ3) is 3.08. The molecule has 29 heavy (non-hydrogen) atoms.